The normalized spacial score (nSPS) is 49.1. The van der Waals surface area contributed by atoms with E-state index >= 15 is 0 Å². The van der Waals surface area contributed by atoms with Crippen molar-refractivity contribution < 1.29 is 24.2 Å². The molecule has 4 fully saturated rings. The van der Waals surface area contributed by atoms with Gasteiger partial charge in [-0.2, -0.15) is 0 Å². The molecule has 8 atom stereocenters. The highest BCUT2D eigenvalue weighted by Crippen LogP contribution is 2.68. The predicted octanol–water partition coefficient (Wildman–Crippen LogP) is 3.63. The summed E-state index contributed by atoms with van der Waals surface area (Å²) in [6, 6.07) is 0. The average Bonchev–Trinajstić information content (AvgIpc) is 2.82. The van der Waals surface area contributed by atoms with Gasteiger partial charge in [0.25, 0.3) is 0 Å². The maximum Gasteiger partial charge on any atom is 0.302 e. The van der Waals surface area contributed by atoms with Crippen molar-refractivity contribution in [3.05, 3.63) is 12.2 Å². The van der Waals surface area contributed by atoms with Crippen LogP contribution in [0.15, 0.2) is 12.2 Å². The van der Waals surface area contributed by atoms with E-state index in [4.69, 9.17) is 4.74 Å². The molecule has 0 aromatic heterocycles. The Morgan fingerprint density at radius 3 is 2.48 bits per heavy atom. The highest BCUT2D eigenvalue weighted by Gasteiger charge is 2.69. The van der Waals surface area contributed by atoms with Crippen LogP contribution >= 0.6 is 0 Å². The SMILES string of the molecule is C=C1C[C@H]2[C@@H]3CC[C@H]4C[C@@H](OC(C)=O)CC[C@]4(C)[C@H]3C(=O)C[C@]2(C)[C@@]1(O)C(C)=O. The Morgan fingerprint density at radius 1 is 1.17 bits per heavy atom. The van der Waals surface area contributed by atoms with Crippen LogP contribution in [0.25, 0.3) is 0 Å². The summed E-state index contributed by atoms with van der Waals surface area (Å²) >= 11 is 0. The lowest BCUT2D eigenvalue weighted by atomic mass is 9.44. The van der Waals surface area contributed by atoms with Gasteiger partial charge >= 0.3 is 5.97 Å². The predicted molar refractivity (Wildman–Crippen MR) is 108 cm³/mol. The van der Waals surface area contributed by atoms with E-state index in [1.54, 1.807) is 0 Å². The summed E-state index contributed by atoms with van der Waals surface area (Å²) < 4.78 is 5.50. The first kappa shape index (κ1) is 20.8. The number of Topliss-reactive ketones (excluding diaryl/α,β-unsaturated/α-hetero) is 2. The van der Waals surface area contributed by atoms with E-state index in [0.29, 0.717) is 17.9 Å². The molecule has 0 amide bonds. The molecule has 0 bridgehead atoms. The number of esters is 1. The summed E-state index contributed by atoms with van der Waals surface area (Å²) in [7, 11) is 0. The summed E-state index contributed by atoms with van der Waals surface area (Å²) in [5.74, 6) is 0.284. The van der Waals surface area contributed by atoms with Gasteiger partial charge < -0.3 is 9.84 Å². The van der Waals surface area contributed by atoms with E-state index in [1.807, 2.05) is 6.92 Å². The molecule has 0 spiro atoms. The van der Waals surface area contributed by atoms with Gasteiger partial charge in [-0.05, 0) is 74.2 Å². The zero-order valence-electron chi connectivity index (χ0n) is 18.1. The van der Waals surface area contributed by atoms with E-state index in [9.17, 15) is 19.5 Å². The number of ketones is 2. The number of carbonyl (C=O) groups is 3. The topological polar surface area (TPSA) is 80.7 Å². The summed E-state index contributed by atoms with van der Waals surface area (Å²) in [5, 5.41) is 11.4. The molecule has 5 heteroatoms. The third kappa shape index (κ3) is 2.65. The number of aliphatic hydroxyl groups is 1. The van der Waals surface area contributed by atoms with Crippen molar-refractivity contribution >= 4 is 17.5 Å². The van der Waals surface area contributed by atoms with Crippen molar-refractivity contribution in [3.63, 3.8) is 0 Å². The van der Waals surface area contributed by atoms with Crippen LogP contribution in [-0.4, -0.2) is 34.3 Å². The highest BCUT2D eigenvalue weighted by atomic mass is 16.5. The van der Waals surface area contributed by atoms with Crippen LogP contribution in [-0.2, 0) is 19.1 Å². The first-order chi connectivity index (χ1) is 13.4. The fraction of sp³-hybridized carbons (Fsp3) is 0.792. The van der Waals surface area contributed by atoms with Gasteiger partial charge in [0.05, 0.1) is 0 Å². The molecule has 160 valence electrons. The second kappa shape index (κ2) is 6.50. The van der Waals surface area contributed by atoms with Crippen LogP contribution in [0.3, 0.4) is 0 Å². The smallest absolute Gasteiger partial charge is 0.302 e. The first-order valence-corrected chi connectivity index (χ1v) is 11.1. The minimum absolute atomic E-state index is 0.0415. The van der Waals surface area contributed by atoms with E-state index in [0.717, 1.165) is 32.1 Å². The van der Waals surface area contributed by atoms with Crippen molar-refractivity contribution in [2.75, 3.05) is 0 Å². The Kier molecular flexibility index (Phi) is 4.66. The largest absolute Gasteiger partial charge is 0.463 e. The van der Waals surface area contributed by atoms with Crippen molar-refractivity contribution in [2.45, 2.75) is 84.3 Å². The molecule has 4 rings (SSSR count). The van der Waals surface area contributed by atoms with E-state index in [-0.39, 0.29) is 53.2 Å². The van der Waals surface area contributed by atoms with Gasteiger partial charge in [0.15, 0.2) is 5.78 Å². The second-order valence-electron chi connectivity index (χ2n) is 10.7. The molecule has 0 aromatic carbocycles. The summed E-state index contributed by atoms with van der Waals surface area (Å²) in [6.07, 6.45) is 5.25. The maximum atomic E-state index is 13.6. The molecule has 5 nitrogen and oxygen atoms in total. The van der Waals surface area contributed by atoms with Gasteiger partial charge in [-0.15, -0.1) is 0 Å². The molecule has 0 radical (unpaired) electrons. The molecule has 4 saturated carbocycles. The van der Waals surface area contributed by atoms with Crippen LogP contribution < -0.4 is 0 Å². The third-order valence-electron chi connectivity index (χ3n) is 9.34. The Bertz CT molecular complexity index is 786. The standard InChI is InChI=1S/C24H34O5/c1-13-10-19-18-7-6-16-11-17(29-15(3)26)8-9-22(16,4)21(18)20(27)12-23(19,5)24(13,28)14(2)25/h16-19,21,28H,1,6-12H2,2-5H3/t16-,17-,18-,19-,21+,22-,23-,24-/m0/s1. The number of fused-ring (bicyclic) bond motifs is 5. The molecule has 0 unspecified atom stereocenters. The quantitative estimate of drug-likeness (QED) is 0.564. The summed E-state index contributed by atoms with van der Waals surface area (Å²) in [4.78, 5) is 37.4. The fourth-order valence-electron chi connectivity index (χ4n) is 7.99. The van der Waals surface area contributed by atoms with E-state index in [2.05, 4.69) is 13.5 Å². The fourth-order valence-corrected chi connectivity index (χ4v) is 7.99. The molecule has 0 saturated heterocycles. The lowest BCUT2D eigenvalue weighted by Crippen LogP contribution is -2.61. The molecule has 4 aliphatic carbocycles. The zero-order valence-corrected chi connectivity index (χ0v) is 18.1. The Hall–Kier alpha value is -1.49. The van der Waals surface area contributed by atoms with Crippen LogP contribution in [0.4, 0.5) is 0 Å². The number of rotatable bonds is 2. The summed E-state index contributed by atoms with van der Waals surface area (Å²) in [6.45, 7) is 11.1. The molecule has 1 N–H and O–H groups in total. The molecule has 0 aliphatic heterocycles. The van der Waals surface area contributed by atoms with Crippen LogP contribution in [0, 0.1) is 34.5 Å². The zero-order chi connectivity index (χ0) is 21.4. The van der Waals surface area contributed by atoms with Gasteiger partial charge in [-0.1, -0.05) is 20.4 Å². The van der Waals surface area contributed by atoms with E-state index in [1.165, 1.54) is 13.8 Å². The average molecular weight is 403 g/mol. The Morgan fingerprint density at radius 2 is 1.86 bits per heavy atom. The lowest BCUT2D eigenvalue weighted by molar-refractivity contribution is -0.179. The van der Waals surface area contributed by atoms with Gasteiger partial charge in [0, 0.05) is 24.7 Å². The van der Waals surface area contributed by atoms with Gasteiger partial charge in [-0.3, -0.25) is 14.4 Å². The molecule has 29 heavy (non-hydrogen) atoms. The van der Waals surface area contributed by atoms with E-state index < -0.39 is 11.0 Å². The molecular formula is C24H34O5. The second-order valence-corrected chi connectivity index (χ2v) is 10.7. The van der Waals surface area contributed by atoms with Crippen molar-refractivity contribution in [1.29, 1.82) is 0 Å². The molecule has 0 heterocycles. The minimum atomic E-state index is -1.59. The summed E-state index contributed by atoms with van der Waals surface area (Å²) in [5.41, 5.74) is -1.87. The van der Waals surface area contributed by atoms with Crippen LogP contribution in [0.5, 0.6) is 0 Å². The van der Waals surface area contributed by atoms with Crippen LogP contribution in [0.1, 0.15) is 72.6 Å². The van der Waals surface area contributed by atoms with Crippen LogP contribution in [0.2, 0.25) is 0 Å². The number of hydrogen-bond donors (Lipinski definition) is 1. The van der Waals surface area contributed by atoms with Gasteiger partial charge in [0.1, 0.15) is 17.5 Å². The number of ether oxygens (including phenoxy) is 1. The minimum Gasteiger partial charge on any atom is -0.463 e. The van der Waals surface area contributed by atoms with Crippen molar-refractivity contribution in [2.24, 2.45) is 34.5 Å². The molecule has 0 aromatic rings. The lowest BCUT2D eigenvalue weighted by Gasteiger charge is -2.60. The first-order valence-electron chi connectivity index (χ1n) is 11.1. The third-order valence-corrected chi connectivity index (χ3v) is 9.34. The van der Waals surface area contributed by atoms with Gasteiger partial charge in [0.2, 0.25) is 0 Å². The number of hydrogen-bond acceptors (Lipinski definition) is 5. The number of carbonyl (C=O) groups excluding carboxylic acids is 3. The molecule has 4 aliphatic rings. The maximum absolute atomic E-state index is 13.6. The van der Waals surface area contributed by atoms with Crippen molar-refractivity contribution in [1.82, 2.24) is 0 Å². The monoisotopic (exact) mass is 402 g/mol. The molecular weight excluding hydrogens is 368 g/mol. The highest BCUT2D eigenvalue weighted by molar-refractivity contribution is 5.93. The Balaban J connectivity index is 1.66. The van der Waals surface area contributed by atoms with Gasteiger partial charge in [-0.25, -0.2) is 0 Å². The Labute approximate surface area is 173 Å². The van der Waals surface area contributed by atoms with Crippen molar-refractivity contribution in [3.8, 4) is 0 Å².